The molecule has 0 aliphatic rings. The van der Waals surface area contributed by atoms with Gasteiger partial charge in [0.1, 0.15) is 11.5 Å². The first-order valence-electron chi connectivity index (χ1n) is 9.39. The zero-order valence-electron chi connectivity index (χ0n) is 16.8. The standard InChI is InChI=1S/C23H18F4N2O2/c1-3-31-22(30)20-19(17-6-4-5-16(11-17)12-28)14(2)29(21(20)23(25,26)27)13-15-7-9-18(24)10-8-15/h4-11H,3,13H2,1-2H3. The molecule has 0 fully saturated rings. The van der Waals surface area contributed by atoms with Crippen LogP contribution >= 0.6 is 0 Å². The molecule has 0 aliphatic heterocycles. The summed E-state index contributed by atoms with van der Waals surface area (Å²) >= 11 is 0. The van der Waals surface area contributed by atoms with Crippen molar-refractivity contribution in [3.05, 3.63) is 82.4 Å². The van der Waals surface area contributed by atoms with E-state index < -0.39 is 29.2 Å². The molecule has 2 aromatic carbocycles. The number of hydrogen-bond acceptors (Lipinski definition) is 3. The number of halogens is 4. The van der Waals surface area contributed by atoms with E-state index in [1.54, 1.807) is 0 Å². The number of esters is 1. The third kappa shape index (κ3) is 4.45. The summed E-state index contributed by atoms with van der Waals surface area (Å²) in [4.78, 5) is 12.7. The minimum atomic E-state index is -4.86. The molecule has 3 aromatic rings. The molecule has 0 saturated carbocycles. The number of ether oxygens (including phenoxy) is 1. The first-order valence-corrected chi connectivity index (χ1v) is 9.39. The van der Waals surface area contributed by atoms with Gasteiger partial charge < -0.3 is 9.30 Å². The number of carbonyl (C=O) groups is 1. The highest BCUT2D eigenvalue weighted by Crippen LogP contribution is 2.42. The van der Waals surface area contributed by atoms with Crippen LogP contribution in [-0.2, 0) is 17.5 Å². The Balaban J connectivity index is 2.33. The molecule has 0 atom stereocenters. The van der Waals surface area contributed by atoms with Crippen LogP contribution in [0.3, 0.4) is 0 Å². The molecular formula is C23H18F4N2O2. The van der Waals surface area contributed by atoms with Crippen LogP contribution in [0.25, 0.3) is 11.1 Å². The molecule has 0 spiro atoms. The van der Waals surface area contributed by atoms with E-state index in [2.05, 4.69) is 0 Å². The van der Waals surface area contributed by atoms with Crippen LogP contribution in [0.2, 0.25) is 0 Å². The molecule has 0 N–H and O–H groups in total. The van der Waals surface area contributed by atoms with E-state index in [0.29, 0.717) is 11.1 Å². The molecule has 4 nitrogen and oxygen atoms in total. The van der Waals surface area contributed by atoms with Gasteiger partial charge in [-0.2, -0.15) is 18.4 Å². The largest absolute Gasteiger partial charge is 0.462 e. The van der Waals surface area contributed by atoms with Crippen LogP contribution < -0.4 is 0 Å². The average molecular weight is 430 g/mol. The quantitative estimate of drug-likeness (QED) is 0.384. The summed E-state index contributed by atoms with van der Waals surface area (Å²) in [7, 11) is 0. The van der Waals surface area contributed by atoms with Gasteiger partial charge in [-0.1, -0.05) is 24.3 Å². The molecule has 0 aliphatic carbocycles. The molecule has 0 amide bonds. The summed E-state index contributed by atoms with van der Waals surface area (Å²) in [6.45, 7) is 2.64. The highest BCUT2D eigenvalue weighted by Gasteiger charge is 2.43. The fourth-order valence-electron chi connectivity index (χ4n) is 3.50. The van der Waals surface area contributed by atoms with Gasteiger partial charge in [-0.05, 0) is 49.2 Å². The fourth-order valence-corrected chi connectivity index (χ4v) is 3.50. The Bertz CT molecular complexity index is 1160. The number of alkyl halides is 3. The van der Waals surface area contributed by atoms with E-state index in [0.717, 1.165) is 16.7 Å². The van der Waals surface area contributed by atoms with Crippen molar-refractivity contribution in [2.45, 2.75) is 26.6 Å². The number of nitriles is 1. The van der Waals surface area contributed by atoms with E-state index >= 15 is 0 Å². The molecule has 31 heavy (non-hydrogen) atoms. The fraction of sp³-hybridized carbons (Fsp3) is 0.217. The maximum absolute atomic E-state index is 14.2. The van der Waals surface area contributed by atoms with Crippen molar-refractivity contribution in [1.29, 1.82) is 5.26 Å². The summed E-state index contributed by atoms with van der Waals surface area (Å²) in [6.07, 6.45) is -4.86. The Kier molecular flexibility index (Phi) is 6.16. The van der Waals surface area contributed by atoms with Gasteiger partial charge in [0.25, 0.3) is 0 Å². The average Bonchev–Trinajstić information content (AvgIpc) is 3.02. The summed E-state index contributed by atoms with van der Waals surface area (Å²) in [5.41, 5.74) is -0.568. The Morgan fingerprint density at radius 3 is 2.42 bits per heavy atom. The van der Waals surface area contributed by atoms with Crippen molar-refractivity contribution in [3.8, 4) is 17.2 Å². The van der Waals surface area contributed by atoms with Gasteiger partial charge in [0, 0.05) is 17.8 Å². The molecule has 8 heteroatoms. The van der Waals surface area contributed by atoms with Crippen molar-refractivity contribution >= 4 is 5.97 Å². The van der Waals surface area contributed by atoms with Crippen molar-refractivity contribution in [2.75, 3.05) is 6.61 Å². The SMILES string of the molecule is CCOC(=O)c1c(-c2cccc(C#N)c2)c(C)n(Cc2ccc(F)cc2)c1C(F)(F)F. The van der Waals surface area contributed by atoms with Crippen molar-refractivity contribution in [1.82, 2.24) is 4.57 Å². The van der Waals surface area contributed by atoms with Crippen molar-refractivity contribution < 1.29 is 27.1 Å². The summed E-state index contributed by atoms with van der Waals surface area (Å²) in [5.74, 6) is -1.61. The summed E-state index contributed by atoms with van der Waals surface area (Å²) < 4.78 is 61.8. The van der Waals surface area contributed by atoms with Crippen LogP contribution in [-0.4, -0.2) is 17.1 Å². The van der Waals surface area contributed by atoms with Crippen LogP contribution in [0, 0.1) is 24.1 Å². The first-order chi connectivity index (χ1) is 14.7. The Morgan fingerprint density at radius 2 is 1.84 bits per heavy atom. The zero-order valence-corrected chi connectivity index (χ0v) is 16.8. The molecule has 160 valence electrons. The normalized spacial score (nSPS) is 11.3. The Labute approximate surface area is 176 Å². The lowest BCUT2D eigenvalue weighted by molar-refractivity contribution is -0.144. The smallest absolute Gasteiger partial charge is 0.432 e. The second-order valence-electron chi connectivity index (χ2n) is 6.81. The van der Waals surface area contributed by atoms with E-state index in [1.165, 1.54) is 50.2 Å². The minimum Gasteiger partial charge on any atom is -0.462 e. The highest BCUT2D eigenvalue weighted by atomic mass is 19.4. The second-order valence-corrected chi connectivity index (χ2v) is 6.81. The maximum Gasteiger partial charge on any atom is 0.432 e. The predicted molar refractivity (Wildman–Crippen MR) is 106 cm³/mol. The van der Waals surface area contributed by atoms with Crippen LogP contribution in [0.15, 0.2) is 48.5 Å². The van der Waals surface area contributed by atoms with E-state index in [4.69, 9.17) is 4.74 Å². The van der Waals surface area contributed by atoms with Crippen LogP contribution in [0.1, 0.15) is 39.8 Å². The van der Waals surface area contributed by atoms with E-state index in [-0.39, 0.29) is 30.0 Å². The number of benzene rings is 2. The molecule has 0 radical (unpaired) electrons. The second kappa shape index (κ2) is 8.64. The summed E-state index contributed by atoms with van der Waals surface area (Å²) in [5, 5.41) is 9.19. The molecule has 0 unspecified atom stereocenters. The number of rotatable bonds is 5. The molecule has 0 bridgehead atoms. The van der Waals surface area contributed by atoms with Gasteiger partial charge in [-0.25, -0.2) is 9.18 Å². The van der Waals surface area contributed by atoms with Gasteiger partial charge in [0.2, 0.25) is 0 Å². The monoisotopic (exact) mass is 430 g/mol. The third-order valence-corrected chi connectivity index (χ3v) is 4.81. The van der Waals surface area contributed by atoms with Gasteiger partial charge in [0.15, 0.2) is 0 Å². The number of nitrogens with zero attached hydrogens (tertiary/aromatic N) is 2. The third-order valence-electron chi connectivity index (χ3n) is 4.81. The van der Waals surface area contributed by atoms with Gasteiger partial charge >= 0.3 is 12.1 Å². The number of aromatic nitrogens is 1. The highest BCUT2D eigenvalue weighted by molar-refractivity contribution is 6.00. The van der Waals surface area contributed by atoms with Crippen molar-refractivity contribution in [2.24, 2.45) is 0 Å². The molecule has 3 rings (SSSR count). The maximum atomic E-state index is 14.2. The van der Waals surface area contributed by atoms with Gasteiger partial charge in [-0.3, -0.25) is 0 Å². The molecule has 1 aromatic heterocycles. The first kappa shape index (κ1) is 22.1. The predicted octanol–water partition coefficient (Wildman–Crippen LogP) is 5.72. The van der Waals surface area contributed by atoms with Crippen molar-refractivity contribution in [3.63, 3.8) is 0 Å². The summed E-state index contributed by atoms with van der Waals surface area (Å²) in [6, 6.07) is 13.0. The molecule has 0 saturated heterocycles. The van der Waals surface area contributed by atoms with E-state index in [9.17, 15) is 27.6 Å². The van der Waals surface area contributed by atoms with Gasteiger partial charge in [0.05, 0.1) is 23.8 Å². The van der Waals surface area contributed by atoms with E-state index in [1.807, 2.05) is 6.07 Å². The van der Waals surface area contributed by atoms with Gasteiger partial charge in [-0.15, -0.1) is 0 Å². The zero-order chi connectivity index (χ0) is 22.8. The molecule has 1 heterocycles. The lowest BCUT2D eigenvalue weighted by Gasteiger charge is -2.15. The number of carbonyl (C=O) groups excluding carboxylic acids is 1. The Hall–Kier alpha value is -3.60. The lowest BCUT2D eigenvalue weighted by atomic mass is 9.98. The minimum absolute atomic E-state index is 0.0463. The number of hydrogen-bond donors (Lipinski definition) is 0. The Morgan fingerprint density at radius 1 is 1.16 bits per heavy atom. The van der Waals surface area contributed by atoms with Crippen LogP contribution in [0.5, 0.6) is 0 Å². The van der Waals surface area contributed by atoms with Crippen LogP contribution in [0.4, 0.5) is 17.6 Å². The topological polar surface area (TPSA) is 55.0 Å². The molecular weight excluding hydrogens is 412 g/mol. The lowest BCUT2D eigenvalue weighted by Crippen LogP contribution is -2.20.